The van der Waals surface area contributed by atoms with E-state index in [1.807, 2.05) is 13.8 Å². The van der Waals surface area contributed by atoms with E-state index < -0.39 is 11.9 Å². The lowest BCUT2D eigenvalue weighted by atomic mass is 10.1. The molecule has 9 heteroatoms. The van der Waals surface area contributed by atoms with E-state index in [-0.39, 0.29) is 30.5 Å². The first-order valence-electron chi connectivity index (χ1n) is 7.81. The summed E-state index contributed by atoms with van der Waals surface area (Å²) in [5, 5.41) is 0. The fourth-order valence-corrected chi connectivity index (χ4v) is 3.16. The van der Waals surface area contributed by atoms with Gasteiger partial charge >= 0.3 is 6.18 Å². The van der Waals surface area contributed by atoms with Crippen LogP contribution in [0.5, 0.6) is 0 Å². The quantitative estimate of drug-likeness (QED) is 0.833. The standard InChI is InChI=1S/C15H19F3N4O2/c1-9(2)4-22-10-5-21(6-11(10)24-7-14(22)23)13-3-12(15(16,17)18)19-8-20-13/h3,8-11H,4-7H2,1-2H3/t10-,11+/m0/s1. The number of hydrogen-bond acceptors (Lipinski definition) is 5. The Morgan fingerprint density at radius 3 is 2.75 bits per heavy atom. The highest BCUT2D eigenvalue weighted by atomic mass is 19.4. The van der Waals surface area contributed by atoms with Crippen molar-refractivity contribution in [3.8, 4) is 0 Å². The van der Waals surface area contributed by atoms with Crippen LogP contribution in [-0.2, 0) is 15.7 Å². The van der Waals surface area contributed by atoms with Crippen molar-refractivity contribution >= 4 is 11.7 Å². The van der Waals surface area contributed by atoms with Gasteiger partial charge in [0.05, 0.1) is 12.1 Å². The highest BCUT2D eigenvalue weighted by molar-refractivity contribution is 5.79. The Kier molecular flexibility index (Phi) is 4.37. The van der Waals surface area contributed by atoms with E-state index in [4.69, 9.17) is 4.74 Å². The summed E-state index contributed by atoms with van der Waals surface area (Å²) in [6.07, 6.45) is -3.82. The van der Waals surface area contributed by atoms with Crippen molar-refractivity contribution in [3.63, 3.8) is 0 Å². The molecule has 1 aromatic rings. The summed E-state index contributed by atoms with van der Waals surface area (Å²) in [5.74, 6) is 0.426. The number of carbonyl (C=O) groups is 1. The molecule has 1 amide bonds. The number of carbonyl (C=O) groups excluding carboxylic acids is 1. The van der Waals surface area contributed by atoms with Gasteiger partial charge < -0.3 is 14.5 Å². The third-order valence-electron chi connectivity index (χ3n) is 4.21. The minimum atomic E-state index is -4.51. The number of ether oxygens (including phenoxy) is 1. The number of nitrogens with zero attached hydrogens (tertiary/aromatic N) is 4. The molecule has 0 saturated carbocycles. The molecule has 132 valence electrons. The summed E-state index contributed by atoms with van der Waals surface area (Å²) in [4.78, 5) is 22.8. The van der Waals surface area contributed by atoms with Gasteiger partial charge in [0, 0.05) is 25.7 Å². The number of morpholine rings is 1. The zero-order valence-corrected chi connectivity index (χ0v) is 13.5. The van der Waals surface area contributed by atoms with Crippen LogP contribution < -0.4 is 4.90 Å². The highest BCUT2D eigenvalue weighted by Gasteiger charge is 2.44. The third-order valence-corrected chi connectivity index (χ3v) is 4.21. The maximum absolute atomic E-state index is 12.8. The molecule has 2 fully saturated rings. The average Bonchev–Trinajstić information content (AvgIpc) is 2.94. The molecular formula is C15H19F3N4O2. The van der Waals surface area contributed by atoms with Gasteiger partial charge in [-0.25, -0.2) is 9.97 Å². The smallest absolute Gasteiger partial charge is 0.364 e. The van der Waals surface area contributed by atoms with Gasteiger partial charge in [-0.15, -0.1) is 0 Å². The second kappa shape index (κ2) is 6.19. The number of amides is 1. The molecule has 2 atom stereocenters. The molecular weight excluding hydrogens is 325 g/mol. The molecule has 0 radical (unpaired) electrons. The molecule has 0 spiro atoms. The summed E-state index contributed by atoms with van der Waals surface area (Å²) in [6, 6.07) is 0.768. The van der Waals surface area contributed by atoms with E-state index in [9.17, 15) is 18.0 Å². The summed E-state index contributed by atoms with van der Waals surface area (Å²) in [5.41, 5.74) is -0.974. The van der Waals surface area contributed by atoms with Crippen LogP contribution in [-0.4, -0.2) is 59.2 Å². The number of rotatable bonds is 3. The van der Waals surface area contributed by atoms with Crippen molar-refractivity contribution < 1.29 is 22.7 Å². The van der Waals surface area contributed by atoms with Gasteiger partial charge in [0.25, 0.3) is 0 Å². The van der Waals surface area contributed by atoms with Gasteiger partial charge in [-0.1, -0.05) is 13.8 Å². The first kappa shape index (κ1) is 16.9. The van der Waals surface area contributed by atoms with Crippen LogP contribution in [0.4, 0.5) is 19.0 Å². The molecule has 0 aliphatic carbocycles. The average molecular weight is 344 g/mol. The highest BCUT2D eigenvalue weighted by Crippen LogP contribution is 2.31. The molecule has 2 aliphatic rings. The van der Waals surface area contributed by atoms with E-state index in [1.165, 1.54) is 0 Å². The number of anilines is 1. The number of hydrogen-bond donors (Lipinski definition) is 0. The van der Waals surface area contributed by atoms with Crippen molar-refractivity contribution in [1.82, 2.24) is 14.9 Å². The van der Waals surface area contributed by atoms with E-state index in [0.29, 0.717) is 25.6 Å². The SMILES string of the molecule is CC(C)CN1C(=O)CO[C@@H]2CN(c3cc(C(F)(F)F)ncn3)C[C@@H]21. The van der Waals surface area contributed by atoms with Crippen LogP contribution in [0, 0.1) is 5.92 Å². The molecule has 3 heterocycles. The maximum atomic E-state index is 12.8. The topological polar surface area (TPSA) is 58.6 Å². The van der Waals surface area contributed by atoms with Crippen LogP contribution in [0.3, 0.4) is 0 Å². The van der Waals surface area contributed by atoms with Crippen molar-refractivity contribution in [2.75, 3.05) is 31.1 Å². The molecule has 3 rings (SSSR count). The molecule has 2 saturated heterocycles. The first-order valence-corrected chi connectivity index (χ1v) is 7.81. The van der Waals surface area contributed by atoms with Gasteiger partial charge in [0.2, 0.25) is 5.91 Å². The second-order valence-electron chi connectivity index (χ2n) is 6.52. The fourth-order valence-electron chi connectivity index (χ4n) is 3.16. The van der Waals surface area contributed by atoms with Crippen LogP contribution in [0.2, 0.25) is 0 Å². The Morgan fingerprint density at radius 2 is 2.08 bits per heavy atom. The molecule has 1 aromatic heterocycles. The Bertz CT molecular complexity index is 623. The minimum absolute atomic E-state index is 0.0132. The number of alkyl halides is 3. The zero-order chi connectivity index (χ0) is 17.5. The van der Waals surface area contributed by atoms with E-state index in [2.05, 4.69) is 9.97 Å². The molecule has 0 N–H and O–H groups in total. The fraction of sp³-hybridized carbons (Fsp3) is 0.667. The normalized spacial score (nSPS) is 24.7. The summed E-state index contributed by atoms with van der Waals surface area (Å²) in [7, 11) is 0. The van der Waals surface area contributed by atoms with Gasteiger partial charge in [-0.05, 0) is 5.92 Å². The second-order valence-corrected chi connectivity index (χ2v) is 6.52. The van der Waals surface area contributed by atoms with Crippen molar-refractivity contribution in [1.29, 1.82) is 0 Å². The van der Waals surface area contributed by atoms with Gasteiger partial charge in [-0.2, -0.15) is 13.2 Å². The van der Waals surface area contributed by atoms with Crippen LogP contribution >= 0.6 is 0 Å². The third kappa shape index (κ3) is 3.31. The van der Waals surface area contributed by atoms with Crippen LogP contribution in [0.1, 0.15) is 19.5 Å². The largest absolute Gasteiger partial charge is 0.433 e. The van der Waals surface area contributed by atoms with Gasteiger partial charge in [0.15, 0.2) is 0 Å². The zero-order valence-electron chi connectivity index (χ0n) is 13.5. The Labute approximate surface area is 137 Å². The predicted octanol–water partition coefficient (Wildman–Crippen LogP) is 1.57. The van der Waals surface area contributed by atoms with Crippen molar-refractivity contribution in [2.45, 2.75) is 32.2 Å². The van der Waals surface area contributed by atoms with Crippen molar-refractivity contribution in [3.05, 3.63) is 18.1 Å². The summed E-state index contributed by atoms with van der Waals surface area (Å²) >= 11 is 0. The minimum Gasteiger partial charge on any atom is -0.364 e. The van der Waals surface area contributed by atoms with Gasteiger partial charge in [-0.3, -0.25) is 4.79 Å². The van der Waals surface area contributed by atoms with E-state index in [0.717, 1.165) is 12.4 Å². The predicted molar refractivity (Wildman–Crippen MR) is 79.3 cm³/mol. The van der Waals surface area contributed by atoms with E-state index in [1.54, 1.807) is 9.80 Å². The maximum Gasteiger partial charge on any atom is 0.433 e. The molecule has 0 aromatic carbocycles. The van der Waals surface area contributed by atoms with E-state index >= 15 is 0 Å². The molecule has 24 heavy (non-hydrogen) atoms. The van der Waals surface area contributed by atoms with Crippen molar-refractivity contribution in [2.24, 2.45) is 5.92 Å². The molecule has 0 unspecified atom stereocenters. The molecule has 0 bridgehead atoms. The monoisotopic (exact) mass is 344 g/mol. The van der Waals surface area contributed by atoms with Crippen LogP contribution in [0.25, 0.3) is 0 Å². The van der Waals surface area contributed by atoms with Crippen LogP contribution in [0.15, 0.2) is 12.4 Å². The first-order chi connectivity index (χ1) is 11.3. The Hall–Kier alpha value is -1.90. The lowest BCUT2D eigenvalue weighted by Crippen LogP contribution is -2.55. The number of aromatic nitrogens is 2. The number of fused-ring (bicyclic) bond motifs is 1. The number of halogens is 3. The summed E-state index contributed by atoms with van der Waals surface area (Å²) < 4.78 is 44.0. The molecule has 6 nitrogen and oxygen atoms in total. The van der Waals surface area contributed by atoms with Gasteiger partial charge in [0.1, 0.15) is 24.4 Å². The lowest BCUT2D eigenvalue weighted by Gasteiger charge is -2.37. The Balaban J connectivity index is 1.80. The Morgan fingerprint density at radius 1 is 1.33 bits per heavy atom. The lowest BCUT2D eigenvalue weighted by molar-refractivity contribution is -0.153. The summed E-state index contributed by atoms with van der Waals surface area (Å²) in [6.45, 7) is 5.46. The molecule has 2 aliphatic heterocycles.